The lowest BCUT2D eigenvalue weighted by Gasteiger charge is -2.50. The molecule has 3 heterocycles. The van der Waals surface area contributed by atoms with Gasteiger partial charge >= 0.3 is 0 Å². The molecule has 2 aromatic rings. The molecule has 3 saturated heterocycles. The number of unbranched alkanes of at least 4 members (excludes halogenated alkanes) is 1. The molecule has 0 spiro atoms. The van der Waals surface area contributed by atoms with Crippen LogP contribution in [0.1, 0.15) is 120 Å². The number of ether oxygens (including phenoxy) is 3. The zero-order valence-corrected chi connectivity index (χ0v) is 45.5. The summed E-state index contributed by atoms with van der Waals surface area (Å²) in [6, 6.07) is 29.1. The summed E-state index contributed by atoms with van der Waals surface area (Å²) in [6.07, 6.45) is 9.99. The van der Waals surface area contributed by atoms with Crippen molar-refractivity contribution in [3.8, 4) is 0 Å². The van der Waals surface area contributed by atoms with Gasteiger partial charge in [-0.2, -0.15) is 0 Å². The number of benzene rings is 2. The van der Waals surface area contributed by atoms with E-state index in [1.54, 1.807) is 12.1 Å². The average Bonchev–Trinajstić information content (AvgIpc) is 3.66. The molecule has 64 heavy (non-hydrogen) atoms. The average molecular weight is 958 g/mol. The van der Waals surface area contributed by atoms with Crippen molar-refractivity contribution in [3.63, 3.8) is 0 Å². The van der Waals surface area contributed by atoms with Crippen LogP contribution in [0.5, 0.6) is 0 Å². The van der Waals surface area contributed by atoms with Crippen LogP contribution in [-0.4, -0.2) is 82.7 Å². The van der Waals surface area contributed by atoms with Gasteiger partial charge in [0.05, 0.1) is 42.2 Å². The molecule has 0 N–H and O–H groups in total. The number of allylic oxidation sites excluding steroid dienone is 2. The van der Waals surface area contributed by atoms with Gasteiger partial charge in [0, 0.05) is 23.9 Å². The Hall–Kier alpha value is -1.46. The molecule has 2 bridgehead atoms. The minimum absolute atomic E-state index is 0.0400. The molecule has 4 aliphatic rings. The molecule has 6 rings (SSSR count). The van der Waals surface area contributed by atoms with Gasteiger partial charge in [0.1, 0.15) is 0 Å². The van der Waals surface area contributed by atoms with Crippen LogP contribution in [0, 0.1) is 17.3 Å². The molecule has 12 heteroatoms. The highest BCUT2D eigenvalue weighted by Gasteiger charge is 2.55. The molecule has 4 fully saturated rings. The molecule has 1 aliphatic carbocycles. The van der Waals surface area contributed by atoms with Gasteiger partial charge < -0.3 is 27.5 Å². The Labute approximate surface area is 393 Å². The Morgan fingerprint density at radius 2 is 1.19 bits per heavy atom. The number of rotatable bonds is 29. The molecule has 6 atom stereocenters. The lowest BCUT2D eigenvalue weighted by Crippen LogP contribution is -2.58. The van der Waals surface area contributed by atoms with E-state index in [0.29, 0.717) is 37.6 Å². The van der Waals surface area contributed by atoms with Crippen LogP contribution < -0.4 is 0 Å². The maximum absolute atomic E-state index is 15.8. The number of hydrogen-bond donors (Lipinski definition) is 0. The van der Waals surface area contributed by atoms with Crippen LogP contribution in [0.3, 0.4) is 0 Å². The number of sulfone groups is 1. The molecule has 1 saturated carbocycles. The van der Waals surface area contributed by atoms with E-state index in [1.165, 1.54) is 5.56 Å². The van der Waals surface area contributed by atoms with E-state index in [0.717, 1.165) is 92.9 Å². The van der Waals surface area contributed by atoms with E-state index < -0.39 is 46.0 Å². The van der Waals surface area contributed by atoms with Crippen molar-refractivity contribution in [1.29, 1.82) is 0 Å². The Morgan fingerprint density at radius 1 is 0.688 bits per heavy atom. The fourth-order valence-corrected chi connectivity index (χ4v) is 21.9. The van der Waals surface area contributed by atoms with Crippen LogP contribution in [0.4, 0.5) is 0 Å². The third-order valence-electron chi connectivity index (χ3n) is 16.2. The van der Waals surface area contributed by atoms with Crippen molar-refractivity contribution in [2.24, 2.45) is 17.3 Å². The van der Waals surface area contributed by atoms with Crippen LogP contribution in [-0.2, 0) is 43.7 Å². The Balaban J connectivity index is 1.60. The molecule has 3 aliphatic heterocycles. The zero-order chi connectivity index (χ0) is 46.5. The second-order valence-electron chi connectivity index (χ2n) is 19.9. The van der Waals surface area contributed by atoms with E-state index in [9.17, 15) is 0 Å². The van der Waals surface area contributed by atoms with E-state index in [1.807, 2.05) is 18.2 Å². The minimum atomic E-state index is -3.86. The minimum Gasteiger partial charge on any atom is -0.414 e. The SMILES string of the molecule is CC[Si](CC)(CC)O[C@@H](CCc1ccccc1)C[C@@H]([C@@H]1[C@@H](C/C=C\CCCC23OCC(C)(CO2)CO3)[C@@H](O[Si](CC)(CC)CC)C[C@H]1O[Si](CC)(CC)CC)S(=O)(=O)c1ccccc1. The fourth-order valence-electron chi connectivity index (χ4n) is 11.0. The maximum Gasteiger partial charge on any atom is 0.282 e. The quantitative estimate of drug-likeness (QED) is 0.0453. The standard InChI is InChI=1S/C52H88O8SSi3/c1-11-62(12-2,13-3)58-44(36-35-43-30-24-22-25-31-43)38-49(61(53,54)45-32-26-23-27-33-45)50-46(34-28-20-21-29-37-52-55-40-51(10,41-56-52)42-57-52)47(59-63(14-4,15-5)16-6)39-48(50)60-64(17-7,18-8)19-9/h20,22-28,30-33,44,46-50H,11-19,21,29,34-42H2,1-10H3/b28-20-/t44-,46-,47-,48+,49-,50+,51?,52?/m0/s1. The van der Waals surface area contributed by atoms with Gasteiger partial charge in [-0.25, -0.2) is 8.42 Å². The summed E-state index contributed by atoms with van der Waals surface area (Å²) in [7, 11) is -10.3. The lowest BCUT2D eigenvalue weighted by molar-refractivity contribution is -0.467. The number of hydrogen-bond acceptors (Lipinski definition) is 8. The normalized spacial score (nSPS) is 26.5. The zero-order valence-electron chi connectivity index (χ0n) is 41.7. The summed E-state index contributed by atoms with van der Waals surface area (Å²) in [5.74, 6) is -1.24. The molecule has 0 radical (unpaired) electrons. The highest BCUT2D eigenvalue weighted by Crippen LogP contribution is 2.49. The second-order valence-corrected chi connectivity index (χ2v) is 36.2. The Kier molecular flexibility index (Phi) is 20.2. The van der Waals surface area contributed by atoms with Gasteiger partial charge in [-0.15, -0.1) is 0 Å². The van der Waals surface area contributed by atoms with Crippen molar-refractivity contribution in [1.82, 2.24) is 0 Å². The van der Waals surface area contributed by atoms with Crippen LogP contribution in [0.25, 0.3) is 0 Å². The first kappa shape index (κ1) is 53.5. The molecular weight excluding hydrogens is 869 g/mol. The van der Waals surface area contributed by atoms with Gasteiger partial charge in [-0.3, -0.25) is 0 Å². The molecule has 0 unspecified atom stereocenters. The van der Waals surface area contributed by atoms with Crippen molar-refractivity contribution >= 4 is 34.8 Å². The maximum atomic E-state index is 15.8. The fraction of sp³-hybridized carbons (Fsp3) is 0.731. The lowest BCUT2D eigenvalue weighted by atomic mass is 9.85. The molecule has 8 nitrogen and oxygen atoms in total. The molecule has 0 aromatic heterocycles. The van der Waals surface area contributed by atoms with E-state index in [-0.39, 0.29) is 35.6 Å². The van der Waals surface area contributed by atoms with Gasteiger partial charge in [0.2, 0.25) is 0 Å². The summed E-state index contributed by atoms with van der Waals surface area (Å²) >= 11 is 0. The topological polar surface area (TPSA) is 89.5 Å². The number of fused-ring (bicyclic) bond motifs is 3. The predicted molar refractivity (Wildman–Crippen MR) is 271 cm³/mol. The van der Waals surface area contributed by atoms with Gasteiger partial charge in [0.25, 0.3) is 5.97 Å². The highest BCUT2D eigenvalue weighted by atomic mass is 32.2. The van der Waals surface area contributed by atoms with Gasteiger partial charge in [-0.1, -0.05) is 130 Å². The number of aryl methyl sites for hydroxylation is 1. The van der Waals surface area contributed by atoms with Gasteiger partial charge in [-0.05, 0) is 123 Å². The monoisotopic (exact) mass is 957 g/mol. The summed E-state index contributed by atoms with van der Waals surface area (Å²) in [5.41, 5.74) is 1.20. The highest BCUT2D eigenvalue weighted by molar-refractivity contribution is 7.92. The molecule has 362 valence electrons. The summed E-state index contributed by atoms with van der Waals surface area (Å²) in [5, 5.41) is -0.711. The third kappa shape index (κ3) is 13.0. The van der Waals surface area contributed by atoms with E-state index in [4.69, 9.17) is 27.5 Å². The first-order valence-corrected chi connectivity index (χ1v) is 34.8. The van der Waals surface area contributed by atoms with Crippen molar-refractivity contribution in [2.75, 3.05) is 19.8 Å². The summed E-state index contributed by atoms with van der Waals surface area (Å²) < 4.78 is 72.7. The largest absolute Gasteiger partial charge is 0.414 e. The first-order chi connectivity index (χ1) is 30.7. The Bertz CT molecular complexity index is 1750. The van der Waals surface area contributed by atoms with Crippen LogP contribution in [0.15, 0.2) is 77.7 Å². The van der Waals surface area contributed by atoms with Crippen LogP contribution in [0.2, 0.25) is 54.4 Å². The van der Waals surface area contributed by atoms with Crippen molar-refractivity contribution in [2.45, 2.75) is 209 Å². The molecule has 2 aromatic carbocycles. The summed E-state index contributed by atoms with van der Waals surface area (Å²) in [6.45, 7) is 24.7. The summed E-state index contributed by atoms with van der Waals surface area (Å²) in [4.78, 5) is 0.394. The Morgan fingerprint density at radius 3 is 1.70 bits per heavy atom. The smallest absolute Gasteiger partial charge is 0.282 e. The first-order valence-electron chi connectivity index (χ1n) is 25.6. The van der Waals surface area contributed by atoms with E-state index >= 15 is 8.42 Å². The second kappa shape index (κ2) is 24.2. The van der Waals surface area contributed by atoms with Gasteiger partial charge in [0.15, 0.2) is 34.8 Å². The predicted octanol–water partition coefficient (Wildman–Crippen LogP) is 13.5. The van der Waals surface area contributed by atoms with Crippen LogP contribution >= 0.6 is 0 Å². The molecule has 0 amide bonds. The third-order valence-corrected chi connectivity index (χ3v) is 32.5. The van der Waals surface area contributed by atoms with E-state index in [2.05, 4.69) is 112 Å². The van der Waals surface area contributed by atoms with Crippen molar-refractivity contribution < 1.29 is 35.9 Å². The van der Waals surface area contributed by atoms with Crippen molar-refractivity contribution in [3.05, 3.63) is 78.4 Å². The molecular formula is C52H88O8SSi3.